The zero-order valence-electron chi connectivity index (χ0n) is 35.5. The van der Waals surface area contributed by atoms with Crippen molar-refractivity contribution in [2.45, 2.75) is 26.9 Å². The number of aryl methyl sites for hydroxylation is 1. The summed E-state index contributed by atoms with van der Waals surface area (Å²) in [6.45, 7) is -0.0518. The van der Waals surface area contributed by atoms with Gasteiger partial charge in [-0.15, -0.1) is 0 Å². The highest BCUT2D eigenvalue weighted by atomic mass is 35.5. The van der Waals surface area contributed by atoms with Gasteiger partial charge in [0.15, 0.2) is 5.78 Å². The number of ketones is 1. The molecule has 1 N–H and O–H groups in total. The average Bonchev–Trinajstić information content (AvgIpc) is 3.12. The highest BCUT2D eigenvalue weighted by Crippen LogP contribution is 2.36. The maximum atomic E-state index is 13.3. The van der Waals surface area contributed by atoms with Crippen molar-refractivity contribution in [3.63, 3.8) is 0 Å². The van der Waals surface area contributed by atoms with Crippen molar-refractivity contribution in [1.82, 2.24) is 14.9 Å². The average molecular weight is 583 g/mol. The first-order chi connectivity index (χ1) is 25.1. The summed E-state index contributed by atoms with van der Waals surface area (Å²) in [7, 11) is 2.63. The van der Waals surface area contributed by atoms with E-state index in [2.05, 4.69) is 15.3 Å². The molecule has 8 nitrogen and oxygen atoms in total. The van der Waals surface area contributed by atoms with Gasteiger partial charge in [0, 0.05) is 50.2 Å². The Morgan fingerprint density at radius 2 is 2.07 bits per heavy atom. The highest BCUT2D eigenvalue weighted by molar-refractivity contribution is 6.32. The van der Waals surface area contributed by atoms with Crippen LogP contribution in [0, 0.1) is 18.3 Å². The van der Waals surface area contributed by atoms with Crippen molar-refractivity contribution in [1.29, 1.82) is 5.26 Å². The van der Waals surface area contributed by atoms with Gasteiger partial charge < -0.3 is 19.7 Å². The number of likely N-dealkylation sites (N-methyl/N-ethyl adjacent to an activating group) is 1. The van der Waals surface area contributed by atoms with Crippen LogP contribution in [-0.4, -0.2) is 47.9 Å². The molecule has 0 aliphatic carbocycles. The zero-order chi connectivity index (χ0) is 40.7. The standard InChI is InChI=1S/C32H32ClN5O3/c1-5-40-31-17-29-27(15-22(31)14-26(39)10-7-13-38(3)4)32(23(18-34)19-35-29)37-24-11-12-30(28(33)16-24)41-20-25-9-6-8-21(2)36-25/h6-12,15-17,19H,5,13-14,20H2,1-4H3,(H,35,37)/b10-7+/i6D,7D,8D,9D,10D,11D,12D,13D2,15D,16D,17D,19D. The van der Waals surface area contributed by atoms with Crippen LogP contribution in [0.1, 0.15) is 47.3 Å². The lowest BCUT2D eigenvalue weighted by atomic mass is 10.0. The molecule has 0 saturated heterocycles. The number of rotatable bonds is 12. The van der Waals surface area contributed by atoms with E-state index in [1.165, 1.54) is 21.0 Å². The Kier molecular flexibility index (Phi) is 5.61. The quantitative estimate of drug-likeness (QED) is 0.191. The number of halogens is 1. The molecule has 4 aromatic rings. The molecule has 0 saturated carbocycles. The van der Waals surface area contributed by atoms with Gasteiger partial charge in [-0.25, -0.2) is 0 Å². The van der Waals surface area contributed by atoms with Crippen LogP contribution in [0.25, 0.3) is 10.9 Å². The first-order valence-electron chi connectivity index (χ1n) is 18.6. The van der Waals surface area contributed by atoms with Crippen molar-refractivity contribution in [2.75, 3.05) is 32.5 Å². The molecular formula is C32H32ClN5O3. The number of carbonyl (C=O) groups is 1. The number of benzene rings is 2. The number of anilines is 2. The molecule has 0 spiro atoms. The van der Waals surface area contributed by atoms with Crippen molar-refractivity contribution in [2.24, 2.45) is 0 Å². The Balaban J connectivity index is 1.92. The van der Waals surface area contributed by atoms with E-state index in [4.69, 9.17) is 38.9 Å². The fraction of sp³-hybridized carbons (Fsp3) is 0.250. The number of hydrogen-bond donors (Lipinski definition) is 1. The molecule has 2 heterocycles. The minimum atomic E-state index is -2.50. The highest BCUT2D eigenvalue weighted by Gasteiger charge is 2.16. The molecule has 2 aromatic heterocycles. The number of ether oxygens (including phenoxy) is 2. The number of fused-ring (bicyclic) bond motifs is 1. The summed E-state index contributed by atoms with van der Waals surface area (Å²) in [5.41, 5.74) is -1.96. The summed E-state index contributed by atoms with van der Waals surface area (Å²) in [6, 6.07) is -4.32. The van der Waals surface area contributed by atoms with Crippen molar-refractivity contribution in [3.8, 4) is 17.6 Å². The molecule has 210 valence electrons. The van der Waals surface area contributed by atoms with Gasteiger partial charge in [-0.3, -0.25) is 14.8 Å². The van der Waals surface area contributed by atoms with Gasteiger partial charge in [-0.05, 0) is 70.2 Å². The van der Waals surface area contributed by atoms with Gasteiger partial charge in [0.1, 0.15) is 24.2 Å². The van der Waals surface area contributed by atoms with Crippen LogP contribution in [0.5, 0.6) is 11.5 Å². The van der Waals surface area contributed by atoms with E-state index in [-0.39, 0.29) is 46.3 Å². The minimum absolute atomic E-state index is 0.0626. The van der Waals surface area contributed by atoms with E-state index < -0.39 is 114 Å². The number of allylic oxidation sites excluding steroid dienone is 1. The topological polar surface area (TPSA) is 100 Å². The maximum absolute atomic E-state index is 13.3. The van der Waals surface area contributed by atoms with E-state index >= 15 is 0 Å². The number of pyridine rings is 2. The lowest BCUT2D eigenvalue weighted by Gasteiger charge is -2.16. The summed E-state index contributed by atoms with van der Waals surface area (Å²) in [5.74, 6) is -1.88. The molecule has 0 aliphatic rings. The number of aromatic nitrogens is 2. The van der Waals surface area contributed by atoms with Crippen LogP contribution in [0.3, 0.4) is 0 Å². The molecule has 0 fully saturated rings. The third kappa shape index (κ3) is 7.82. The summed E-state index contributed by atoms with van der Waals surface area (Å²) in [5, 5.41) is 11.9. The normalized spacial score (nSPS) is 16.5. The number of nitriles is 1. The van der Waals surface area contributed by atoms with Crippen LogP contribution in [0.4, 0.5) is 11.4 Å². The molecule has 0 aliphatic heterocycles. The monoisotopic (exact) mass is 582 g/mol. The predicted octanol–water partition coefficient (Wildman–Crippen LogP) is 6.41. The van der Waals surface area contributed by atoms with Gasteiger partial charge in [0.2, 0.25) is 0 Å². The minimum Gasteiger partial charge on any atom is -0.494 e. The number of nitrogens with zero attached hydrogens (tertiary/aromatic N) is 4. The van der Waals surface area contributed by atoms with E-state index in [0.717, 1.165) is 4.90 Å². The third-order valence-corrected chi connectivity index (χ3v) is 5.37. The second-order valence-corrected chi connectivity index (χ2v) is 8.86. The smallest absolute Gasteiger partial charge is 0.159 e. The van der Waals surface area contributed by atoms with Gasteiger partial charge in [-0.2, -0.15) is 5.26 Å². The zero-order valence-corrected chi connectivity index (χ0v) is 23.3. The molecule has 9 heteroatoms. The predicted molar refractivity (Wildman–Crippen MR) is 162 cm³/mol. The Morgan fingerprint density at radius 3 is 2.83 bits per heavy atom. The molecule has 41 heavy (non-hydrogen) atoms. The SMILES string of the molecule is [2H]/C(C(=O)Cc1c(OCC)c([2H])c2nc([2H])c(C#N)c(Nc3c([2H])c([2H])c(OCc4nc(C)c([2H])c([2H])c4[2H])c(Cl)c3[2H])c2c1[2H])=C(/[2H])C([2H])([2H])N(C)C. The second kappa shape index (κ2) is 13.8. The first-order valence-corrected chi connectivity index (χ1v) is 12.5. The summed E-state index contributed by atoms with van der Waals surface area (Å²) < 4.78 is 120. The van der Waals surface area contributed by atoms with Gasteiger partial charge in [0.25, 0.3) is 0 Å². The van der Waals surface area contributed by atoms with Crippen LogP contribution in [-0.2, 0) is 17.8 Å². The van der Waals surface area contributed by atoms with Gasteiger partial charge in [-0.1, -0.05) is 23.7 Å². The summed E-state index contributed by atoms with van der Waals surface area (Å²) >= 11 is 6.47. The molecule has 0 bridgehead atoms. The fourth-order valence-electron chi connectivity index (χ4n) is 3.40. The van der Waals surface area contributed by atoms with E-state index in [1.807, 2.05) is 0 Å². The van der Waals surface area contributed by atoms with Crippen LogP contribution in [0.2, 0.25) is 5.02 Å². The Bertz CT molecular complexity index is 2270. The molecular weight excluding hydrogens is 538 g/mol. The molecule has 0 atom stereocenters. The fourth-order valence-corrected chi connectivity index (χ4v) is 3.60. The van der Waals surface area contributed by atoms with Crippen LogP contribution >= 0.6 is 11.6 Å². The van der Waals surface area contributed by atoms with E-state index in [1.54, 1.807) is 13.0 Å². The van der Waals surface area contributed by atoms with E-state index in [0.29, 0.717) is 0 Å². The Morgan fingerprint density at radius 1 is 1.24 bits per heavy atom. The number of nitrogens with one attached hydrogen (secondary N) is 1. The summed E-state index contributed by atoms with van der Waals surface area (Å²) in [6.07, 6.45) is -1.50. The van der Waals surface area contributed by atoms with Gasteiger partial charge >= 0.3 is 0 Å². The lowest BCUT2D eigenvalue weighted by Crippen LogP contribution is -2.11. The molecule has 2 aromatic carbocycles. The molecule has 0 unspecified atom stereocenters. The third-order valence-electron chi connectivity index (χ3n) is 5.11. The number of carbonyl (C=O) groups excluding carboxylic acids is 1. The lowest BCUT2D eigenvalue weighted by molar-refractivity contribution is -0.114. The number of hydrogen-bond acceptors (Lipinski definition) is 8. The van der Waals surface area contributed by atoms with Gasteiger partial charge in [0.05, 0.1) is 49.2 Å². The van der Waals surface area contributed by atoms with Crippen molar-refractivity contribution in [3.05, 3.63) is 94.2 Å². The largest absolute Gasteiger partial charge is 0.494 e. The molecule has 4 rings (SSSR count). The molecule has 0 radical (unpaired) electrons. The van der Waals surface area contributed by atoms with Crippen LogP contribution < -0.4 is 14.8 Å². The maximum Gasteiger partial charge on any atom is 0.159 e. The summed E-state index contributed by atoms with van der Waals surface area (Å²) in [4.78, 5) is 22.5. The Hall–Kier alpha value is -4.45. The van der Waals surface area contributed by atoms with Crippen LogP contribution in [0.15, 0.2) is 66.6 Å². The van der Waals surface area contributed by atoms with E-state index in [9.17, 15) is 10.1 Å². The second-order valence-electron chi connectivity index (χ2n) is 8.48. The first kappa shape index (κ1) is 16.7. The van der Waals surface area contributed by atoms with Crippen molar-refractivity contribution >= 4 is 39.7 Å². The van der Waals surface area contributed by atoms with Crippen molar-refractivity contribution < 1.29 is 32.1 Å². The Labute approximate surface area is 263 Å². The molecule has 0 amide bonds.